The van der Waals surface area contributed by atoms with Crippen LogP contribution < -0.4 is 16.0 Å². The standard InChI is InChI=1S/C12H30N4O3/c1-7(13-10(4)17)16(8(2)14-11(5)18)9(3)15-12(6)19/h7-15,17-19H,1-6H3. The van der Waals surface area contributed by atoms with Gasteiger partial charge in [-0.3, -0.25) is 20.9 Å². The van der Waals surface area contributed by atoms with Crippen LogP contribution in [0.3, 0.4) is 0 Å². The molecule has 0 amide bonds. The van der Waals surface area contributed by atoms with Gasteiger partial charge in [-0.05, 0) is 41.5 Å². The van der Waals surface area contributed by atoms with E-state index >= 15 is 0 Å². The number of hydrogen-bond acceptors (Lipinski definition) is 7. The average molecular weight is 278 g/mol. The molecular weight excluding hydrogens is 248 g/mol. The summed E-state index contributed by atoms with van der Waals surface area (Å²) in [5.74, 6) is 0. The number of aliphatic hydroxyl groups is 3. The highest BCUT2D eigenvalue weighted by Gasteiger charge is 2.26. The largest absolute Gasteiger partial charge is 0.379 e. The summed E-state index contributed by atoms with van der Waals surface area (Å²) in [6.07, 6.45) is -2.38. The first-order chi connectivity index (χ1) is 8.65. The predicted molar refractivity (Wildman–Crippen MR) is 74.7 cm³/mol. The van der Waals surface area contributed by atoms with Crippen LogP contribution in [0.25, 0.3) is 0 Å². The summed E-state index contributed by atoms with van der Waals surface area (Å²) in [4.78, 5) is 1.98. The molecule has 0 rings (SSSR count). The predicted octanol–water partition coefficient (Wildman–Crippen LogP) is -0.890. The molecule has 0 fully saturated rings. The molecule has 0 bridgehead atoms. The molecule has 6 N–H and O–H groups in total. The van der Waals surface area contributed by atoms with Crippen LogP contribution in [0, 0.1) is 0 Å². The lowest BCUT2D eigenvalue weighted by Crippen LogP contribution is -2.63. The van der Waals surface area contributed by atoms with E-state index in [1.54, 1.807) is 20.8 Å². The summed E-state index contributed by atoms with van der Waals surface area (Å²) < 4.78 is 0. The fourth-order valence-electron chi connectivity index (χ4n) is 2.31. The Morgan fingerprint density at radius 1 is 0.579 bits per heavy atom. The van der Waals surface area contributed by atoms with Gasteiger partial charge in [0.05, 0.1) is 18.5 Å². The van der Waals surface area contributed by atoms with Crippen molar-refractivity contribution in [3.63, 3.8) is 0 Å². The van der Waals surface area contributed by atoms with E-state index in [-0.39, 0.29) is 18.5 Å². The van der Waals surface area contributed by atoms with E-state index in [2.05, 4.69) is 16.0 Å². The summed E-state index contributed by atoms with van der Waals surface area (Å²) >= 11 is 0. The minimum absolute atomic E-state index is 0.150. The molecule has 0 radical (unpaired) electrons. The molecule has 0 aromatic rings. The Morgan fingerprint density at radius 3 is 0.947 bits per heavy atom. The maximum atomic E-state index is 9.42. The van der Waals surface area contributed by atoms with Crippen molar-refractivity contribution in [2.24, 2.45) is 0 Å². The normalized spacial score (nSPS) is 21.8. The van der Waals surface area contributed by atoms with Gasteiger partial charge in [0.1, 0.15) is 18.7 Å². The molecule has 0 heterocycles. The molecule has 0 spiro atoms. The van der Waals surface area contributed by atoms with Gasteiger partial charge < -0.3 is 15.3 Å². The van der Waals surface area contributed by atoms with Crippen molar-refractivity contribution in [1.29, 1.82) is 0 Å². The second-order valence-corrected chi connectivity index (χ2v) is 5.00. The summed E-state index contributed by atoms with van der Waals surface area (Å²) in [6, 6.07) is 0. The van der Waals surface area contributed by atoms with Crippen molar-refractivity contribution in [3.05, 3.63) is 0 Å². The van der Waals surface area contributed by atoms with Crippen molar-refractivity contribution >= 4 is 0 Å². The molecule has 19 heavy (non-hydrogen) atoms. The summed E-state index contributed by atoms with van der Waals surface area (Å²) in [6.45, 7) is 10.7. The number of aliphatic hydroxyl groups excluding tert-OH is 3. The SMILES string of the molecule is CC(O)NC(C)N(C(C)NC(C)O)C(C)NC(C)O. The van der Waals surface area contributed by atoms with Crippen molar-refractivity contribution in [3.8, 4) is 0 Å². The minimum atomic E-state index is -0.644. The van der Waals surface area contributed by atoms with Crippen LogP contribution in [0.4, 0.5) is 0 Å². The molecule has 6 atom stereocenters. The van der Waals surface area contributed by atoms with E-state index in [0.29, 0.717) is 0 Å². The Bertz CT molecular complexity index is 201. The summed E-state index contributed by atoms with van der Waals surface area (Å²) in [5, 5.41) is 37.2. The molecule has 116 valence electrons. The van der Waals surface area contributed by atoms with E-state index in [9.17, 15) is 15.3 Å². The minimum Gasteiger partial charge on any atom is -0.379 e. The van der Waals surface area contributed by atoms with Gasteiger partial charge in [0.25, 0.3) is 0 Å². The zero-order valence-electron chi connectivity index (χ0n) is 12.8. The highest BCUT2D eigenvalue weighted by molar-refractivity contribution is 4.76. The van der Waals surface area contributed by atoms with Gasteiger partial charge in [-0.1, -0.05) is 0 Å². The van der Waals surface area contributed by atoms with E-state index in [0.717, 1.165) is 0 Å². The molecule has 0 saturated heterocycles. The first-order valence-corrected chi connectivity index (χ1v) is 6.75. The lowest BCUT2D eigenvalue weighted by atomic mass is 10.3. The first kappa shape index (κ1) is 18.7. The molecule has 0 aliphatic heterocycles. The molecule has 6 unspecified atom stereocenters. The maximum Gasteiger partial charge on any atom is 0.103 e. The van der Waals surface area contributed by atoms with Crippen molar-refractivity contribution < 1.29 is 15.3 Å². The van der Waals surface area contributed by atoms with Crippen LogP contribution >= 0.6 is 0 Å². The van der Waals surface area contributed by atoms with Crippen LogP contribution in [-0.4, -0.2) is 57.4 Å². The van der Waals surface area contributed by atoms with Crippen LogP contribution in [0.2, 0.25) is 0 Å². The van der Waals surface area contributed by atoms with E-state index in [1.807, 2.05) is 25.7 Å². The molecular formula is C12H30N4O3. The van der Waals surface area contributed by atoms with Gasteiger partial charge in [-0.2, -0.15) is 0 Å². The molecule has 0 aliphatic rings. The van der Waals surface area contributed by atoms with Gasteiger partial charge in [-0.15, -0.1) is 0 Å². The number of rotatable bonds is 9. The average Bonchev–Trinajstić information content (AvgIpc) is 2.12. The van der Waals surface area contributed by atoms with Crippen LogP contribution in [0.15, 0.2) is 0 Å². The zero-order chi connectivity index (χ0) is 15.2. The van der Waals surface area contributed by atoms with Crippen molar-refractivity contribution in [2.45, 2.75) is 78.7 Å². The fraction of sp³-hybridized carbons (Fsp3) is 1.00. The fourth-order valence-corrected chi connectivity index (χ4v) is 2.31. The smallest absolute Gasteiger partial charge is 0.103 e. The van der Waals surface area contributed by atoms with Gasteiger partial charge in [0, 0.05) is 0 Å². The number of nitrogens with zero attached hydrogens (tertiary/aromatic N) is 1. The van der Waals surface area contributed by atoms with Gasteiger partial charge in [0.15, 0.2) is 0 Å². The number of nitrogens with one attached hydrogen (secondary N) is 3. The third-order valence-electron chi connectivity index (χ3n) is 2.79. The van der Waals surface area contributed by atoms with Crippen molar-refractivity contribution in [2.75, 3.05) is 0 Å². The lowest BCUT2D eigenvalue weighted by molar-refractivity contribution is -0.0198. The van der Waals surface area contributed by atoms with Gasteiger partial charge in [0.2, 0.25) is 0 Å². The zero-order valence-corrected chi connectivity index (χ0v) is 12.8. The Labute approximate surface area is 116 Å². The van der Waals surface area contributed by atoms with Crippen LogP contribution in [-0.2, 0) is 0 Å². The Balaban J connectivity index is 4.79. The highest BCUT2D eigenvalue weighted by atomic mass is 16.3. The molecule has 0 aliphatic carbocycles. The number of hydrogen-bond donors (Lipinski definition) is 6. The van der Waals surface area contributed by atoms with Crippen LogP contribution in [0.5, 0.6) is 0 Å². The maximum absolute atomic E-state index is 9.42. The topological polar surface area (TPSA) is 100 Å². The Hall–Kier alpha value is -0.280. The molecule has 7 heteroatoms. The Kier molecular flexibility index (Phi) is 8.67. The van der Waals surface area contributed by atoms with E-state index in [1.165, 1.54) is 0 Å². The molecule has 7 nitrogen and oxygen atoms in total. The van der Waals surface area contributed by atoms with E-state index in [4.69, 9.17) is 0 Å². The van der Waals surface area contributed by atoms with Gasteiger partial charge >= 0.3 is 0 Å². The summed E-state index contributed by atoms with van der Waals surface area (Å²) in [5.41, 5.74) is 0. The molecule has 0 aromatic heterocycles. The molecule has 0 saturated carbocycles. The summed E-state index contributed by atoms with van der Waals surface area (Å²) in [7, 11) is 0. The second-order valence-electron chi connectivity index (χ2n) is 5.00. The highest BCUT2D eigenvalue weighted by Crippen LogP contribution is 2.08. The van der Waals surface area contributed by atoms with Crippen molar-refractivity contribution in [1.82, 2.24) is 20.9 Å². The first-order valence-electron chi connectivity index (χ1n) is 6.75. The van der Waals surface area contributed by atoms with Gasteiger partial charge in [-0.25, -0.2) is 0 Å². The monoisotopic (exact) mass is 278 g/mol. The van der Waals surface area contributed by atoms with E-state index < -0.39 is 18.7 Å². The third kappa shape index (κ3) is 7.78. The lowest BCUT2D eigenvalue weighted by Gasteiger charge is -2.41. The Morgan fingerprint density at radius 2 is 0.789 bits per heavy atom. The quantitative estimate of drug-likeness (QED) is 0.304. The molecule has 0 aromatic carbocycles. The second kappa shape index (κ2) is 8.80. The third-order valence-corrected chi connectivity index (χ3v) is 2.79. The van der Waals surface area contributed by atoms with Crippen LogP contribution in [0.1, 0.15) is 41.5 Å².